The van der Waals surface area contributed by atoms with E-state index < -0.39 is 58.8 Å². The molecule has 4 aliphatic carbocycles. The van der Waals surface area contributed by atoms with Gasteiger partial charge in [-0.25, -0.2) is 19.2 Å². The molecule has 141 heavy (non-hydrogen) atoms. The third-order valence-electron chi connectivity index (χ3n) is 27.3. The van der Waals surface area contributed by atoms with Crippen LogP contribution >= 0.6 is 84.5 Å². The summed E-state index contributed by atoms with van der Waals surface area (Å²) >= 11 is 22.5. The summed E-state index contributed by atoms with van der Waals surface area (Å²) in [5.41, 5.74) is 12.0. The van der Waals surface area contributed by atoms with Crippen molar-refractivity contribution in [1.29, 1.82) is 0 Å². The maximum Gasteiger partial charge on any atom is 0.494 e. The van der Waals surface area contributed by atoms with E-state index in [1.54, 1.807) is 54.4 Å². The average molecular weight is 2120 g/mol. The third kappa shape index (κ3) is 33.2. The molecule has 7 aromatic rings. The first kappa shape index (κ1) is 120. The van der Waals surface area contributed by atoms with Crippen molar-refractivity contribution < 1.29 is 76.1 Å². The molecule has 6 aliphatic rings. The largest absolute Gasteiger partial charge is 0.494 e. The smallest absolute Gasteiger partial charge is 0.479 e. The van der Waals surface area contributed by atoms with E-state index in [4.69, 9.17) is 75.0 Å². The fourth-order valence-electron chi connectivity index (χ4n) is 18.0. The molecule has 778 valence electrons. The molecule has 2 fully saturated rings. The van der Waals surface area contributed by atoms with Crippen molar-refractivity contribution in [3.8, 4) is 20.9 Å². The number of hydrogen-bond acceptors (Lipinski definition) is 22. The molecule has 0 amide bonds. The van der Waals surface area contributed by atoms with Crippen molar-refractivity contribution in [2.75, 3.05) is 19.8 Å². The Labute approximate surface area is 880 Å². The highest BCUT2D eigenvalue weighted by atomic mass is 79.9. The van der Waals surface area contributed by atoms with Gasteiger partial charge in [0.2, 0.25) is 0 Å². The molecule has 1 N–H and O–H groups in total. The number of aromatic nitrogens is 3. The minimum absolute atomic E-state index is 0.122. The number of carbonyl (C=O) groups excluding carboxylic acids is 3. The molecule has 28 heteroatoms. The first-order valence-electron chi connectivity index (χ1n) is 50.7. The van der Waals surface area contributed by atoms with Crippen LogP contribution in [0.3, 0.4) is 0 Å². The van der Waals surface area contributed by atoms with Crippen LogP contribution in [-0.2, 0) is 71.0 Å². The zero-order valence-corrected chi connectivity index (χ0v) is 97.5. The Balaban J connectivity index is 0.000000211. The summed E-state index contributed by atoms with van der Waals surface area (Å²) in [4.78, 5) is 69.0. The highest BCUT2D eigenvalue weighted by Gasteiger charge is 2.54. The van der Waals surface area contributed by atoms with Gasteiger partial charge < -0.3 is 56.9 Å². The quantitative estimate of drug-likeness (QED) is 0.0302. The molecule has 0 aromatic carbocycles. The second kappa shape index (κ2) is 51.7. The number of carboxylic acids is 1. The number of allylic oxidation sites excluding steroid dienone is 8. The highest BCUT2D eigenvalue weighted by Crippen LogP contribution is 2.53. The number of esters is 3. The number of halogens is 3. The zero-order chi connectivity index (χ0) is 105. The molecular weight excluding hydrogens is 1960 g/mol. The van der Waals surface area contributed by atoms with Crippen molar-refractivity contribution in [3.63, 3.8) is 0 Å². The van der Waals surface area contributed by atoms with Gasteiger partial charge in [0.05, 0.1) is 69.1 Å². The van der Waals surface area contributed by atoms with Crippen molar-refractivity contribution in [1.82, 2.24) is 15.0 Å². The second-order valence-corrected chi connectivity index (χ2v) is 51.9. The summed E-state index contributed by atoms with van der Waals surface area (Å²) < 4.78 is 66.4. The molecule has 0 saturated carbocycles. The summed E-state index contributed by atoms with van der Waals surface area (Å²) in [5, 5.41) is 10.1. The fraction of sp³-hybridized carbons (Fsp3) is 0.619. The van der Waals surface area contributed by atoms with E-state index >= 15 is 0 Å². The number of nitrogens with zero attached hydrogens (tertiary/aromatic N) is 3. The lowest BCUT2D eigenvalue weighted by Crippen LogP contribution is -2.41. The van der Waals surface area contributed by atoms with E-state index in [-0.39, 0.29) is 48.6 Å². The lowest BCUT2D eigenvalue weighted by atomic mass is 9.69. The van der Waals surface area contributed by atoms with Gasteiger partial charge in [0, 0.05) is 105 Å². The Morgan fingerprint density at radius 2 is 0.688 bits per heavy atom. The summed E-state index contributed by atoms with van der Waals surface area (Å²) in [5.74, 6) is 3.72. The van der Waals surface area contributed by atoms with E-state index in [1.165, 1.54) is 62.6 Å². The van der Waals surface area contributed by atoms with Gasteiger partial charge >= 0.3 is 38.1 Å². The molecule has 8 atom stereocenters. The van der Waals surface area contributed by atoms with Crippen molar-refractivity contribution in [3.05, 3.63) is 175 Å². The highest BCUT2D eigenvalue weighted by molar-refractivity contribution is 9.10. The fourth-order valence-corrected chi connectivity index (χ4v) is 24.0. The van der Waals surface area contributed by atoms with Crippen LogP contribution in [0.5, 0.6) is 0 Å². The Hall–Kier alpha value is -6.04. The van der Waals surface area contributed by atoms with E-state index in [0.717, 1.165) is 160 Å². The molecular formula is C113H164B2BrCl2N3O16S4. The minimum atomic E-state index is -0.990. The number of carboxylic acid groups (broad SMARTS) is 1. The van der Waals surface area contributed by atoms with Crippen molar-refractivity contribution in [2.45, 2.75) is 389 Å². The van der Waals surface area contributed by atoms with Crippen LogP contribution in [0, 0.1) is 75.0 Å². The number of rotatable bonds is 26. The minimum Gasteiger partial charge on any atom is -0.479 e. The maximum absolute atomic E-state index is 13.1. The summed E-state index contributed by atoms with van der Waals surface area (Å²) in [7, 11) is -0.402. The van der Waals surface area contributed by atoms with Crippen molar-refractivity contribution >= 4 is 145 Å². The number of ether oxygens (including phenoxy) is 7. The van der Waals surface area contributed by atoms with Gasteiger partial charge in [0.15, 0.2) is 24.4 Å². The van der Waals surface area contributed by atoms with Gasteiger partial charge in [-0.1, -0.05) is 103 Å². The molecule has 2 aliphatic heterocycles. The van der Waals surface area contributed by atoms with E-state index in [0.29, 0.717) is 64.1 Å². The third-order valence-corrected chi connectivity index (χ3v) is 33.6. The van der Waals surface area contributed by atoms with E-state index in [9.17, 15) is 24.3 Å². The molecule has 13 rings (SSSR count). The van der Waals surface area contributed by atoms with Crippen LogP contribution in [0.25, 0.3) is 37.6 Å². The first-order chi connectivity index (χ1) is 65.6. The number of aryl methyl sites for hydroxylation is 4. The average Bonchev–Trinajstić information content (AvgIpc) is 1.63. The maximum atomic E-state index is 13.1. The van der Waals surface area contributed by atoms with Gasteiger partial charge in [-0.15, -0.1) is 45.3 Å². The lowest BCUT2D eigenvalue weighted by molar-refractivity contribution is -0.167. The predicted octanol–water partition coefficient (Wildman–Crippen LogP) is 31.5. The van der Waals surface area contributed by atoms with Gasteiger partial charge in [-0.05, 0) is 402 Å². The number of aliphatic carboxylic acids is 1. The van der Waals surface area contributed by atoms with Crippen LogP contribution in [-0.4, -0.2) is 123 Å². The molecule has 0 spiro atoms. The monoisotopic (exact) mass is 2120 g/mol. The summed E-state index contributed by atoms with van der Waals surface area (Å²) in [6, 6.07) is 11.9. The Bertz CT molecular complexity index is 5360. The van der Waals surface area contributed by atoms with Crippen LogP contribution in [0.15, 0.2) is 108 Å². The van der Waals surface area contributed by atoms with E-state index in [1.807, 2.05) is 194 Å². The number of hydrogen-bond donors (Lipinski definition) is 1. The van der Waals surface area contributed by atoms with Crippen molar-refractivity contribution in [2.24, 2.45) is 47.3 Å². The molecule has 0 bridgehead atoms. The predicted molar refractivity (Wildman–Crippen MR) is 589 cm³/mol. The Morgan fingerprint density at radius 3 is 0.979 bits per heavy atom. The van der Waals surface area contributed by atoms with Crippen LogP contribution in [0.4, 0.5) is 0 Å². The topological polar surface area (TPSA) is 229 Å². The molecule has 9 heterocycles. The number of pyridine rings is 3. The molecule has 7 aromatic heterocycles. The normalized spacial score (nSPS) is 19.8. The SMILES string of the molecule is CC(C)C1CC=C(B2OC(C)(C)C(C)(C)O2)CC1.CC1(C)OB(c2ccncc2)OC1(C)C.CCOC(=O)C(OC(C)(C)C)c1c(C)sc(-c2ccncc2)c1C1=CCC(C(C)C)CC1.CCOC(=O)C(OC(C)(C)C)c1c(C)sc(Cl)c1Br.CCOC(=O)C(OC(C)(C)C)c1c(C)sc(Cl)c1C1=CCC(C(C)C)CC1.Cc1sc(-c2ccncc2)c(C2=CCC(C(C)C)CC2)c1C(OC(C)(C)C)C(=O)O. The van der Waals surface area contributed by atoms with Gasteiger partial charge in [-0.2, -0.15) is 0 Å². The van der Waals surface area contributed by atoms with Crippen LogP contribution < -0.4 is 5.46 Å². The number of thiophene rings is 4. The Kier molecular flexibility index (Phi) is 44.1. The van der Waals surface area contributed by atoms with Gasteiger partial charge in [0.25, 0.3) is 0 Å². The Morgan fingerprint density at radius 1 is 0.411 bits per heavy atom. The first-order valence-corrected chi connectivity index (χ1v) is 55.5. The molecule has 19 nitrogen and oxygen atoms in total. The van der Waals surface area contributed by atoms with E-state index in [2.05, 4.69) is 145 Å². The summed E-state index contributed by atoms with van der Waals surface area (Å²) in [6.07, 6.45) is 30.0. The molecule has 0 radical (unpaired) electrons. The zero-order valence-electron chi connectivity index (χ0n) is 91.1. The lowest BCUT2D eigenvalue weighted by Gasteiger charge is -2.32. The molecule has 2 saturated heterocycles. The molecule has 8 unspecified atom stereocenters. The van der Waals surface area contributed by atoms with Crippen LogP contribution in [0.1, 0.15) is 375 Å². The summed E-state index contributed by atoms with van der Waals surface area (Å²) in [6.45, 7) is 72.7. The number of carbonyl (C=O) groups is 4. The van der Waals surface area contributed by atoms with Gasteiger partial charge in [-0.3, -0.25) is 15.0 Å². The second-order valence-electron chi connectivity index (χ2n) is 45.0. The van der Waals surface area contributed by atoms with Crippen LogP contribution in [0.2, 0.25) is 8.67 Å². The van der Waals surface area contributed by atoms with Gasteiger partial charge in [0.1, 0.15) is 8.67 Å². The standard InChI is InChI=1S/C27H37NO3S.C25H33NO3S.C22H33ClO3S.C15H27BO2.C13H18BrClO3S.C11H16BNO2/c1-8-30-26(29)24(31-27(5,6)7)22-18(4)32-25(21-13-15-28-16-14-21)23(22)20-11-9-19(10-12-20)17(2)3;1-15(2)17-7-9-18(10-8-17)21-20(22(24(27)28)29-25(4,5)6)16(3)30-23(21)19-11-13-26-14-12-19;1-8-25-21(24)19(26-22(5,6)7)17-14(4)27-20(23)18(17)16-11-9-15(10-12-16)13(2)3;1-11(2)12-7-9-13(10-8-12)16-17-14(3,4)15(5,6)18-16;1-6-17-12(16)10(18-13(3,4)5)8-7(2)19-11(15)9(8)14;1-10(2)11(3,4)15-12(14-10)9-5-7-13-8-6-9/h11,13-17,19,24H,8-10,12H2,1-7H3;9,11-15,17,22H,7-8,10H2,1-6H3,(H,27,28);11,13,15,19H,8-10,12H2,1-7H3;9,11-12H,7-8,10H2,1-6H3;10H,6H2,1-5H3;5-8H,1-4H3.